The van der Waals surface area contributed by atoms with Gasteiger partial charge in [0.1, 0.15) is 12.4 Å². The molecule has 6 heteroatoms. The molecule has 0 fully saturated rings. The number of rotatable bonds is 8. The fraction of sp³-hybridized carbons (Fsp3) is 0.600. The lowest BCUT2D eigenvalue weighted by Crippen LogP contribution is -2.22. The van der Waals surface area contributed by atoms with Gasteiger partial charge >= 0.3 is 0 Å². The number of hydrogen-bond acceptors (Lipinski definition) is 4. The van der Waals surface area contributed by atoms with Crippen molar-refractivity contribution in [2.75, 3.05) is 12.4 Å². The normalized spacial score (nSPS) is 13.4. The molecule has 1 aromatic carbocycles. The first kappa shape index (κ1) is 18.3. The van der Waals surface area contributed by atoms with E-state index in [4.69, 9.17) is 22.1 Å². The molecule has 0 amide bonds. The van der Waals surface area contributed by atoms with Crippen LogP contribution in [0.2, 0.25) is 5.02 Å². The lowest BCUT2D eigenvalue weighted by atomic mass is 10.0. The molecule has 0 bridgehead atoms. The number of sulfone groups is 1. The van der Waals surface area contributed by atoms with E-state index in [1.54, 1.807) is 19.9 Å². The zero-order valence-electron chi connectivity index (χ0n) is 12.8. The summed E-state index contributed by atoms with van der Waals surface area (Å²) in [4.78, 5) is 0. The summed E-state index contributed by atoms with van der Waals surface area (Å²) >= 11 is 6.15. The van der Waals surface area contributed by atoms with Gasteiger partial charge in [0.2, 0.25) is 0 Å². The summed E-state index contributed by atoms with van der Waals surface area (Å²) in [5, 5.41) is 0.0900. The van der Waals surface area contributed by atoms with Crippen molar-refractivity contribution < 1.29 is 13.2 Å². The van der Waals surface area contributed by atoms with Gasteiger partial charge in [-0.25, -0.2) is 8.42 Å². The molecule has 21 heavy (non-hydrogen) atoms. The average molecular weight is 334 g/mol. The Morgan fingerprint density at radius 2 is 2.00 bits per heavy atom. The van der Waals surface area contributed by atoms with Crippen molar-refractivity contribution in [1.82, 2.24) is 0 Å². The van der Waals surface area contributed by atoms with Crippen LogP contribution in [-0.2, 0) is 16.3 Å². The summed E-state index contributed by atoms with van der Waals surface area (Å²) in [6.07, 6.45) is 1.67. The highest BCUT2D eigenvalue weighted by Crippen LogP contribution is 2.26. The predicted molar refractivity (Wildman–Crippen MR) is 87.8 cm³/mol. The number of nitrogens with two attached hydrogens (primary N) is 1. The summed E-state index contributed by atoms with van der Waals surface area (Å²) in [6.45, 7) is 5.47. The second-order valence-corrected chi connectivity index (χ2v) is 8.49. The molecular weight excluding hydrogens is 310 g/mol. The van der Waals surface area contributed by atoms with Crippen molar-refractivity contribution in [3.8, 4) is 5.75 Å². The van der Waals surface area contributed by atoms with Gasteiger partial charge in [0.25, 0.3) is 0 Å². The van der Waals surface area contributed by atoms with Crippen LogP contribution in [0, 0.1) is 0 Å². The highest BCUT2D eigenvalue weighted by Gasteiger charge is 2.16. The Kier molecular flexibility index (Phi) is 6.97. The molecule has 120 valence electrons. The molecule has 1 atom stereocenters. The zero-order chi connectivity index (χ0) is 16.0. The van der Waals surface area contributed by atoms with E-state index < -0.39 is 15.1 Å². The fourth-order valence-corrected chi connectivity index (χ4v) is 2.78. The number of halogens is 1. The fourth-order valence-electron chi connectivity index (χ4n) is 1.74. The first-order valence-corrected chi connectivity index (χ1v) is 9.24. The topological polar surface area (TPSA) is 69.4 Å². The molecule has 1 aromatic rings. The molecule has 0 saturated heterocycles. The van der Waals surface area contributed by atoms with E-state index in [1.165, 1.54) is 0 Å². The third-order valence-electron chi connectivity index (χ3n) is 3.36. The minimum Gasteiger partial charge on any atom is -0.491 e. The lowest BCUT2D eigenvalue weighted by molar-refractivity contribution is 0.340. The van der Waals surface area contributed by atoms with Crippen LogP contribution in [0.5, 0.6) is 5.75 Å². The molecule has 0 aliphatic carbocycles. The lowest BCUT2D eigenvalue weighted by Gasteiger charge is -2.13. The summed E-state index contributed by atoms with van der Waals surface area (Å²) < 4.78 is 28.8. The van der Waals surface area contributed by atoms with Gasteiger partial charge in [-0.05, 0) is 44.4 Å². The Morgan fingerprint density at radius 1 is 1.33 bits per heavy atom. The highest BCUT2D eigenvalue weighted by atomic mass is 35.5. The van der Waals surface area contributed by atoms with Gasteiger partial charge < -0.3 is 10.5 Å². The maximum absolute atomic E-state index is 11.7. The Labute approximate surface area is 132 Å². The smallest absolute Gasteiger partial charge is 0.155 e. The first-order chi connectivity index (χ1) is 9.76. The molecule has 4 nitrogen and oxygen atoms in total. The number of hydrogen-bond donors (Lipinski definition) is 1. The molecule has 1 unspecified atom stereocenters. The Hall–Kier alpha value is -0.780. The molecule has 0 aliphatic rings. The van der Waals surface area contributed by atoms with E-state index in [0.717, 1.165) is 18.4 Å². The second-order valence-electron chi connectivity index (χ2n) is 5.40. The van der Waals surface area contributed by atoms with Crippen LogP contribution in [0.4, 0.5) is 0 Å². The van der Waals surface area contributed by atoms with Gasteiger partial charge in [-0.3, -0.25) is 0 Å². The summed E-state index contributed by atoms with van der Waals surface area (Å²) in [5.41, 5.74) is 6.96. The van der Waals surface area contributed by atoms with Crippen molar-refractivity contribution in [3.05, 3.63) is 28.8 Å². The third-order valence-corrected chi connectivity index (χ3v) is 5.83. The highest BCUT2D eigenvalue weighted by molar-refractivity contribution is 7.91. The van der Waals surface area contributed by atoms with Crippen LogP contribution in [0.1, 0.15) is 32.8 Å². The van der Waals surface area contributed by atoms with E-state index in [0.29, 0.717) is 10.8 Å². The van der Waals surface area contributed by atoms with Crippen molar-refractivity contribution >= 4 is 21.4 Å². The molecule has 0 aromatic heterocycles. The minimum atomic E-state index is -3.09. The van der Waals surface area contributed by atoms with Gasteiger partial charge in [0.05, 0.1) is 16.0 Å². The van der Waals surface area contributed by atoms with Crippen molar-refractivity contribution in [2.45, 2.75) is 44.9 Å². The van der Waals surface area contributed by atoms with Gasteiger partial charge in [0.15, 0.2) is 9.84 Å². The molecule has 0 heterocycles. The minimum absolute atomic E-state index is 0.0105. The molecule has 2 N–H and O–H groups in total. The molecule has 0 aliphatic heterocycles. The SMILES string of the molecule is CCC(N)Cc1ccc(OCCS(=O)(=O)C(C)C)c(Cl)c1. The molecule has 0 spiro atoms. The quantitative estimate of drug-likeness (QED) is 0.794. The second kappa shape index (κ2) is 8.01. The molecule has 0 saturated carbocycles. The van der Waals surface area contributed by atoms with Crippen LogP contribution in [-0.4, -0.2) is 32.1 Å². The standard InChI is InChI=1S/C15H24ClNO3S/c1-4-13(17)9-12-5-6-15(14(16)10-12)20-7-8-21(18,19)11(2)3/h5-6,10-11,13H,4,7-9,17H2,1-3H3. The third kappa shape index (κ3) is 5.85. The van der Waals surface area contributed by atoms with E-state index in [2.05, 4.69) is 0 Å². The van der Waals surface area contributed by atoms with Crippen LogP contribution in [0.25, 0.3) is 0 Å². The van der Waals surface area contributed by atoms with E-state index in [1.807, 2.05) is 19.1 Å². The Bertz CT molecular complexity index is 558. The van der Waals surface area contributed by atoms with Gasteiger partial charge in [-0.2, -0.15) is 0 Å². The van der Waals surface area contributed by atoms with Crippen LogP contribution in [0.15, 0.2) is 18.2 Å². The number of ether oxygens (including phenoxy) is 1. The molecular formula is C15H24ClNO3S. The van der Waals surface area contributed by atoms with Gasteiger partial charge in [-0.1, -0.05) is 24.6 Å². The summed E-state index contributed by atoms with van der Waals surface area (Å²) in [5.74, 6) is 0.494. The van der Waals surface area contributed by atoms with E-state index in [9.17, 15) is 8.42 Å². The maximum Gasteiger partial charge on any atom is 0.155 e. The first-order valence-electron chi connectivity index (χ1n) is 7.14. The molecule has 1 rings (SSSR count). The maximum atomic E-state index is 11.7. The Morgan fingerprint density at radius 3 is 2.52 bits per heavy atom. The van der Waals surface area contributed by atoms with E-state index in [-0.39, 0.29) is 18.4 Å². The van der Waals surface area contributed by atoms with Crippen LogP contribution in [0.3, 0.4) is 0 Å². The average Bonchev–Trinajstić information content (AvgIpc) is 2.40. The zero-order valence-corrected chi connectivity index (χ0v) is 14.4. The Balaban J connectivity index is 2.61. The monoisotopic (exact) mass is 333 g/mol. The van der Waals surface area contributed by atoms with Crippen molar-refractivity contribution in [1.29, 1.82) is 0 Å². The molecule has 0 radical (unpaired) electrons. The summed E-state index contributed by atoms with van der Waals surface area (Å²) in [7, 11) is -3.09. The van der Waals surface area contributed by atoms with Crippen molar-refractivity contribution in [2.24, 2.45) is 5.73 Å². The van der Waals surface area contributed by atoms with Gasteiger partial charge in [0, 0.05) is 6.04 Å². The van der Waals surface area contributed by atoms with Crippen molar-refractivity contribution in [3.63, 3.8) is 0 Å². The van der Waals surface area contributed by atoms with Gasteiger partial charge in [-0.15, -0.1) is 0 Å². The van der Waals surface area contributed by atoms with E-state index >= 15 is 0 Å². The predicted octanol–water partition coefficient (Wildman–Crippen LogP) is 2.82. The largest absolute Gasteiger partial charge is 0.491 e. The summed E-state index contributed by atoms with van der Waals surface area (Å²) in [6, 6.07) is 5.61. The van der Waals surface area contributed by atoms with Crippen LogP contribution >= 0.6 is 11.6 Å². The van der Waals surface area contributed by atoms with Crippen LogP contribution < -0.4 is 10.5 Å². The number of benzene rings is 1.